The lowest BCUT2D eigenvalue weighted by Crippen LogP contribution is -2.49. The van der Waals surface area contributed by atoms with Gasteiger partial charge in [0.25, 0.3) is 0 Å². The molecule has 0 saturated carbocycles. The molecule has 2 nitrogen and oxygen atoms in total. The highest BCUT2D eigenvalue weighted by atomic mass is 16.3. The topological polar surface area (TPSA) is 23.5 Å². The van der Waals surface area contributed by atoms with Crippen molar-refractivity contribution in [1.82, 2.24) is 4.90 Å². The Labute approximate surface area is 144 Å². The minimum absolute atomic E-state index is 0.465. The molecule has 4 rings (SSSR count). The van der Waals surface area contributed by atoms with Gasteiger partial charge in [0, 0.05) is 18.6 Å². The lowest BCUT2D eigenvalue weighted by atomic mass is 9.78. The van der Waals surface area contributed by atoms with E-state index in [1.165, 1.54) is 18.4 Å². The summed E-state index contributed by atoms with van der Waals surface area (Å²) < 4.78 is 0. The molecule has 0 radical (unpaired) electrons. The van der Waals surface area contributed by atoms with E-state index in [1.807, 2.05) is 18.2 Å². The summed E-state index contributed by atoms with van der Waals surface area (Å²) in [7, 11) is 0. The van der Waals surface area contributed by atoms with E-state index >= 15 is 0 Å². The lowest BCUT2D eigenvalue weighted by molar-refractivity contribution is -0.0596. The Morgan fingerprint density at radius 1 is 1.00 bits per heavy atom. The summed E-state index contributed by atoms with van der Waals surface area (Å²) in [5.74, 6) is 0. The maximum atomic E-state index is 11.4. The van der Waals surface area contributed by atoms with E-state index in [0.29, 0.717) is 12.1 Å². The average molecular weight is 319 g/mol. The molecule has 2 heterocycles. The Balaban J connectivity index is 1.59. The molecule has 24 heavy (non-hydrogen) atoms. The third-order valence-electron chi connectivity index (χ3n) is 5.81. The molecule has 2 aromatic carbocycles. The molecular formula is C22H25NO. The highest BCUT2D eigenvalue weighted by Crippen LogP contribution is 2.47. The fourth-order valence-electron chi connectivity index (χ4n) is 4.69. The molecule has 1 N–H and O–H groups in total. The van der Waals surface area contributed by atoms with Gasteiger partial charge in [0.05, 0.1) is 5.60 Å². The summed E-state index contributed by atoms with van der Waals surface area (Å²) in [4.78, 5) is 2.61. The molecule has 0 aromatic heterocycles. The Bertz CT molecular complexity index is 710. The molecule has 0 aliphatic carbocycles. The van der Waals surface area contributed by atoms with Crippen LogP contribution in [0.3, 0.4) is 0 Å². The number of fused-ring (bicyclic) bond motifs is 2. The number of aliphatic hydroxyl groups is 1. The van der Waals surface area contributed by atoms with Crippen molar-refractivity contribution in [3.63, 3.8) is 0 Å². The third-order valence-corrected chi connectivity index (χ3v) is 5.81. The van der Waals surface area contributed by atoms with Gasteiger partial charge in [-0.05, 0) is 42.4 Å². The quantitative estimate of drug-likeness (QED) is 0.906. The van der Waals surface area contributed by atoms with E-state index in [0.717, 1.165) is 30.5 Å². The number of hydrogen-bond donors (Lipinski definition) is 1. The average Bonchev–Trinajstić information content (AvgIpc) is 2.86. The van der Waals surface area contributed by atoms with E-state index in [2.05, 4.69) is 53.9 Å². The van der Waals surface area contributed by atoms with Gasteiger partial charge >= 0.3 is 0 Å². The van der Waals surface area contributed by atoms with Crippen molar-refractivity contribution < 1.29 is 5.11 Å². The van der Waals surface area contributed by atoms with Crippen LogP contribution in [0.2, 0.25) is 0 Å². The maximum Gasteiger partial charge on any atom is 0.0932 e. The largest absolute Gasteiger partial charge is 0.385 e. The smallest absolute Gasteiger partial charge is 0.0932 e. The van der Waals surface area contributed by atoms with Crippen molar-refractivity contribution in [3.8, 4) is 0 Å². The predicted molar refractivity (Wildman–Crippen MR) is 98.5 cm³/mol. The van der Waals surface area contributed by atoms with Crippen molar-refractivity contribution >= 4 is 6.08 Å². The molecule has 2 bridgehead atoms. The Morgan fingerprint density at radius 3 is 2.29 bits per heavy atom. The number of piperidine rings is 1. The lowest BCUT2D eigenvalue weighted by Gasteiger charge is -2.44. The molecule has 2 fully saturated rings. The van der Waals surface area contributed by atoms with Crippen LogP contribution in [0.5, 0.6) is 0 Å². The third kappa shape index (κ3) is 2.70. The highest BCUT2D eigenvalue weighted by Gasteiger charge is 2.48. The molecule has 2 heteroatoms. The predicted octanol–water partition coefficient (Wildman–Crippen LogP) is 4.34. The number of benzene rings is 2. The van der Waals surface area contributed by atoms with Crippen molar-refractivity contribution in [3.05, 3.63) is 77.9 Å². The van der Waals surface area contributed by atoms with Crippen LogP contribution in [-0.2, 0) is 12.1 Å². The zero-order valence-corrected chi connectivity index (χ0v) is 14.1. The van der Waals surface area contributed by atoms with Crippen molar-refractivity contribution in [1.29, 1.82) is 0 Å². The molecule has 2 aromatic rings. The van der Waals surface area contributed by atoms with Gasteiger partial charge in [-0.3, -0.25) is 4.90 Å². The summed E-state index contributed by atoms with van der Waals surface area (Å²) in [6.45, 7) is 4.92. The van der Waals surface area contributed by atoms with Crippen LogP contribution < -0.4 is 0 Å². The summed E-state index contributed by atoms with van der Waals surface area (Å²) in [6.07, 6.45) is 5.89. The minimum Gasteiger partial charge on any atom is -0.385 e. The van der Waals surface area contributed by atoms with E-state index in [1.54, 1.807) is 0 Å². The van der Waals surface area contributed by atoms with Gasteiger partial charge < -0.3 is 5.11 Å². The van der Waals surface area contributed by atoms with Crippen molar-refractivity contribution in [2.45, 2.75) is 49.9 Å². The fourth-order valence-corrected chi connectivity index (χ4v) is 4.69. The molecule has 0 amide bonds. The van der Waals surface area contributed by atoms with Crippen molar-refractivity contribution in [2.24, 2.45) is 0 Å². The molecular weight excluding hydrogens is 294 g/mol. The SMILES string of the molecule is C=Cc1ccccc1C1(O)CC2CCC(C1)N2Cc1ccccc1. The summed E-state index contributed by atoms with van der Waals surface area (Å²) in [5, 5.41) is 11.4. The van der Waals surface area contributed by atoms with Crippen LogP contribution in [0.25, 0.3) is 6.08 Å². The van der Waals surface area contributed by atoms with Crippen LogP contribution in [0.1, 0.15) is 42.4 Å². The van der Waals surface area contributed by atoms with Crippen LogP contribution in [-0.4, -0.2) is 22.1 Å². The number of hydrogen-bond acceptors (Lipinski definition) is 2. The van der Waals surface area contributed by atoms with E-state index < -0.39 is 5.60 Å². The van der Waals surface area contributed by atoms with Gasteiger partial charge in [0.2, 0.25) is 0 Å². The molecule has 2 aliphatic heterocycles. The normalized spacial score (nSPS) is 29.5. The molecule has 124 valence electrons. The standard InChI is InChI=1S/C22H25NO/c1-2-18-10-6-7-11-21(18)22(24)14-19-12-13-20(15-22)23(19)16-17-8-4-3-5-9-17/h2-11,19-20,24H,1,12-16H2. The Kier molecular flexibility index (Phi) is 4.03. The minimum atomic E-state index is -0.718. The van der Waals surface area contributed by atoms with Gasteiger partial charge in [0.1, 0.15) is 0 Å². The maximum absolute atomic E-state index is 11.4. The first kappa shape index (κ1) is 15.6. The van der Waals surface area contributed by atoms with Crippen LogP contribution in [0.15, 0.2) is 61.2 Å². The van der Waals surface area contributed by atoms with E-state index in [4.69, 9.17) is 0 Å². The summed E-state index contributed by atoms with van der Waals surface area (Å²) in [6, 6.07) is 19.8. The zero-order chi connectivity index (χ0) is 16.6. The molecule has 2 aliphatic rings. The molecule has 2 saturated heterocycles. The summed E-state index contributed by atoms with van der Waals surface area (Å²) in [5.41, 5.74) is 2.77. The van der Waals surface area contributed by atoms with Gasteiger partial charge in [-0.25, -0.2) is 0 Å². The number of rotatable bonds is 4. The number of nitrogens with zero attached hydrogens (tertiary/aromatic N) is 1. The molecule has 2 unspecified atom stereocenters. The Morgan fingerprint density at radius 2 is 1.62 bits per heavy atom. The second kappa shape index (κ2) is 6.19. The first-order valence-electron chi connectivity index (χ1n) is 8.93. The van der Waals surface area contributed by atoms with Crippen LogP contribution in [0.4, 0.5) is 0 Å². The fraction of sp³-hybridized carbons (Fsp3) is 0.364. The van der Waals surface area contributed by atoms with Gasteiger partial charge in [-0.2, -0.15) is 0 Å². The second-order valence-electron chi connectivity index (χ2n) is 7.27. The monoisotopic (exact) mass is 319 g/mol. The van der Waals surface area contributed by atoms with Gasteiger partial charge in [0.15, 0.2) is 0 Å². The van der Waals surface area contributed by atoms with Gasteiger partial charge in [-0.15, -0.1) is 0 Å². The van der Waals surface area contributed by atoms with Crippen LogP contribution >= 0.6 is 0 Å². The summed E-state index contributed by atoms with van der Waals surface area (Å²) >= 11 is 0. The van der Waals surface area contributed by atoms with E-state index in [9.17, 15) is 5.11 Å². The highest BCUT2D eigenvalue weighted by molar-refractivity contribution is 5.54. The van der Waals surface area contributed by atoms with Gasteiger partial charge in [-0.1, -0.05) is 67.3 Å². The molecule has 2 atom stereocenters. The Hall–Kier alpha value is -1.90. The first-order valence-corrected chi connectivity index (χ1v) is 8.93. The van der Waals surface area contributed by atoms with Crippen molar-refractivity contribution in [2.75, 3.05) is 0 Å². The van der Waals surface area contributed by atoms with E-state index in [-0.39, 0.29) is 0 Å². The zero-order valence-electron chi connectivity index (χ0n) is 14.1. The molecule has 0 spiro atoms. The first-order chi connectivity index (χ1) is 11.7. The second-order valence-corrected chi connectivity index (χ2v) is 7.27. The van der Waals surface area contributed by atoms with Crippen LogP contribution in [0, 0.1) is 0 Å².